The van der Waals surface area contributed by atoms with Gasteiger partial charge in [0.25, 0.3) is 5.91 Å². The molecule has 0 spiro atoms. The van der Waals surface area contributed by atoms with Gasteiger partial charge in [0.05, 0.1) is 12.8 Å². The highest BCUT2D eigenvalue weighted by atomic mass is 35.5. The topological polar surface area (TPSA) is 129 Å². The number of nitrogens with zero attached hydrogens (tertiary/aromatic N) is 1. The van der Waals surface area contributed by atoms with Gasteiger partial charge in [-0.25, -0.2) is 0 Å². The number of rotatable bonds is 7. The molecule has 0 bridgehead atoms. The Bertz CT molecular complexity index is 914. The monoisotopic (exact) mass is 405 g/mol. The van der Waals surface area contributed by atoms with Crippen molar-refractivity contribution in [2.24, 2.45) is 0 Å². The highest BCUT2D eigenvalue weighted by Crippen LogP contribution is 2.22. The van der Waals surface area contributed by atoms with Gasteiger partial charge in [-0.05, 0) is 44.2 Å². The maximum absolute atomic E-state index is 12.3. The number of aliphatic carboxylic acids is 1. The Balaban J connectivity index is 2.06. The van der Waals surface area contributed by atoms with Gasteiger partial charge in [0, 0.05) is 28.0 Å². The predicted molar refractivity (Wildman–Crippen MR) is 103 cm³/mol. The van der Waals surface area contributed by atoms with Gasteiger partial charge >= 0.3 is 5.97 Å². The lowest BCUT2D eigenvalue weighted by Gasteiger charge is -2.24. The molecule has 0 aliphatic rings. The summed E-state index contributed by atoms with van der Waals surface area (Å²) in [5.41, 5.74) is -0.231. The maximum atomic E-state index is 12.3. The third-order valence-electron chi connectivity index (χ3n) is 3.71. The molecule has 0 fully saturated rings. The molecule has 1 heterocycles. The fourth-order valence-corrected chi connectivity index (χ4v) is 2.69. The lowest BCUT2D eigenvalue weighted by molar-refractivity contribution is -0.138. The summed E-state index contributed by atoms with van der Waals surface area (Å²) in [6.07, 6.45) is 0.992. The highest BCUT2D eigenvalue weighted by Gasteiger charge is 2.25. The van der Waals surface area contributed by atoms with Crippen LogP contribution in [-0.4, -0.2) is 38.5 Å². The molecule has 0 saturated heterocycles. The predicted octanol–water partition coefficient (Wildman–Crippen LogP) is 2.60. The summed E-state index contributed by atoms with van der Waals surface area (Å²) < 4.78 is 0. The van der Waals surface area contributed by atoms with Crippen LogP contribution in [0.2, 0.25) is 5.02 Å². The van der Waals surface area contributed by atoms with Crippen LogP contribution in [0.4, 0.5) is 5.69 Å². The van der Waals surface area contributed by atoms with E-state index in [9.17, 15) is 19.5 Å². The van der Waals surface area contributed by atoms with Crippen LogP contribution in [-0.2, 0) is 16.0 Å². The number of amides is 2. The van der Waals surface area contributed by atoms with Gasteiger partial charge in [-0.3, -0.25) is 19.4 Å². The smallest absolute Gasteiger partial charge is 0.305 e. The van der Waals surface area contributed by atoms with Crippen LogP contribution >= 0.6 is 11.6 Å². The Morgan fingerprint density at radius 3 is 2.57 bits per heavy atom. The number of benzene rings is 1. The largest absolute Gasteiger partial charge is 0.508 e. The molecule has 0 aliphatic carbocycles. The lowest BCUT2D eigenvalue weighted by atomic mass is 10.0. The number of aromatic hydroxyl groups is 1. The highest BCUT2D eigenvalue weighted by molar-refractivity contribution is 6.30. The van der Waals surface area contributed by atoms with Crippen LogP contribution in [0.5, 0.6) is 5.75 Å². The van der Waals surface area contributed by atoms with Gasteiger partial charge in [-0.2, -0.15) is 0 Å². The zero-order chi connectivity index (χ0) is 20.9. The summed E-state index contributed by atoms with van der Waals surface area (Å²) in [6.45, 7) is 3.17. The molecular formula is C19H20ClN3O5. The SMILES string of the molecule is CC(C)(CC(=O)O)NC(=O)c1cc(NC(=O)Cc2cc(Cl)ccc2O)ccn1. The fourth-order valence-electron chi connectivity index (χ4n) is 2.50. The number of nitrogens with one attached hydrogen (secondary N) is 2. The van der Waals surface area contributed by atoms with Crippen LogP contribution in [0.3, 0.4) is 0 Å². The van der Waals surface area contributed by atoms with E-state index in [0.29, 0.717) is 16.3 Å². The minimum absolute atomic E-state index is 0.0295. The van der Waals surface area contributed by atoms with E-state index in [-0.39, 0.29) is 24.3 Å². The van der Waals surface area contributed by atoms with E-state index in [1.807, 2.05) is 0 Å². The van der Waals surface area contributed by atoms with E-state index < -0.39 is 23.3 Å². The molecule has 8 nitrogen and oxygen atoms in total. The van der Waals surface area contributed by atoms with Crippen molar-refractivity contribution in [3.63, 3.8) is 0 Å². The Morgan fingerprint density at radius 2 is 1.89 bits per heavy atom. The van der Waals surface area contributed by atoms with E-state index in [4.69, 9.17) is 16.7 Å². The molecule has 0 aliphatic heterocycles. The summed E-state index contributed by atoms with van der Waals surface area (Å²) in [4.78, 5) is 39.4. The minimum Gasteiger partial charge on any atom is -0.508 e. The molecule has 0 saturated carbocycles. The second kappa shape index (κ2) is 8.71. The molecule has 0 unspecified atom stereocenters. The van der Waals surface area contributed by atoms with Crippen LogP contribution in [0.15, 0.2) is 36.5 Å². The number of carboxylic acid groups (broad SMARTS) is 1. The van der Waals surface area contributed by atoms with Crippen molar-refractivity contribution in [1.29, 1.82) is 0 Å². The van der Waals surface area contributed by atoms with Gasteiger partial charge in [-0.1, -0.05) is 11.6 Å². The first-order valence-electron chi connectivity index (χ1n) is 8.33. The molecule has 0 radical (unpaired) electrons. The molecule has 2 amide bonds. The second-order valence-electron chi connectivity index (χ2n) is 6.84. The van der Waals surface area contributed by atoms with Crippen LogP contribution in [0.25, 0.3) is 0 Å². The third kappa shape index (κ3) is 6.24. The molecule has 4 N–H and O–H groups in total. The lowest BCUT2D eigenvalue weighted by Crippen LogP contribution is -2.45. The number of phenols is 1. The van der Waals surface area contributed by atoms with Crippen LogP contribution < -0.4 is 10.6 Å². The average Bonchev–Trinajstić information content (AvgIpc) is 2.56. The van der Waals surface area contributed by atoms with Gasteiger partial charge in [-0.15, -0.1) is 0 Å². The maximum Gasteiger partial charge on any atom is 0.305 e. The summed E-state index contributed by atoms with van der Waals surface area (Å²) in [5.74, 6) is -2.06. The van der Waals surface area contributed by atoms with Gasteiger partial charge in [0.15, 0.2) is 0 Å². The summed E-state index contributed by atoms with van der Waals surface area (Å²) in [7, 11) is 0. The second-order valence-corrected chi connectivity index (χ2v) is 7.27. The van der Waals surface area contributed by atoms with Crippen molar-refractivity contribution < 1.29 is 24.6 Å². The molecular weight excluding hydrogens is 386 g/mol. The number of anilines is 1. The van der Waals surface area contributed by atoms with E-state index in [1.54, 1.807) is 13.8 Å². The molecule has 1 aromatic carbocycles. The van der Waals surface area contributed by atoms with Gasteiger partial charge < -0.3 is 20.8 Å². The number of halogens is 1. The molecule has 28 heavy (non-hydrogen) atoms. The molecule has 9 heteroatoms. The van der Waals surface area contributed by atoms with Crippen molar-refractivity contribution in [3.05, 3.63) is 52.8 Å². The first kappa shape index (κ1) is 21.2. The zero-order valence-corrected chi connectivity index (χ0v) is 16.1. The first-order chi connectivity index (χ1) is 13.1. The Hall–Kier alpha value is -3.13. The summed E-state index contributed by atoms with van der Waals surface area (Å²) in [6, 6.07) is 7.29. The van der Waals surface area contributed by atoms with Crippen LogP contribution in [0.1, 0.15) is 36.3 Å². The van der Waals surface area contributed by atoms with Crippen LogP contribution in [0, 0.1) is 0 Å². The Kier molecular flexibility index (Phi) is 6.58. The molecule has 0 atom stereocenters. The van der Waals surface area contributed by atoms with Gasteiger partial charge in [0.2, 0.25) is 5.91 Å². The number of hydrogen-bond donors (Lipinski definition) is 4. The zero-order valence-electron chi connectivity index (χ0n) is 15.3. The van der Waals surface area contributed by atoms with E-state index >= 15 is 0 Å². The van der Waals surface area contributed by atoms with Gasteiger partial charge in [0.1, 0.15) is 11.4 Å². The average molecular weight is 406 g/mol. The molecule has 148 valence electrons. The first-order valence-corrected chi connectivity index (χ1v) is 8.71. The minimum atomic E-state index is -1.04. The fraction of sp³-hybridized carbons (Fsp3) is 0.263. The molecule has 1 aromatic heterocycles. The van der Waals surface area contributed by atoms with Crippen molar-refractivity contribution >= 4 is 35.1 Å². The quantitative estimate of drug-likeness (QED) is 0.560. The van der Waals surface area contributed by atoms with Crippen molar-refractivity contribution in [1.82, 2.24) is 10.3 Å². The van der Waals surface area contributed by atoms with Crippen molar-refractivity contribution in [2.75, 3.05) is 5.32 Å². The molecule has 2 rings (SSSR count). The number of carbonyl (C=O) groups excluding carboxylic acids is 2. The Morgan fingerprint density at radius 1 is 1.18 bits per heavy atom. The third-order valence-corrected chi connectivity index (χ3v) is 3.95. The number of phenolic OH excluding ortho intramolecular Hbond substituents is 1. The number of pyridine rings is 1. The number of aromatic nitrogens is 1. The van der Waals surface area contributed by atoms with Crippen molar-refractivity contribution in [3.8, 4) is 5.75 Å². The van der Waals surface area contributed by atoms with E-state index in [2.05, 4.69) is 15.6 Å². The Labute approximate surface area is 166 Å². The van der Waals surface area contributed by atoms with E-state index in [1.165, 1.54) is 36.5 Å². The van der Waals surface area contributed by atoms with Crippen molar-refractivity contribution in [2.45, 2.75) is 32.2 Å². The summed E-state index contributed by atoms with van der Waals surface area (Å²) in [5, 5.41) is 24.3. The number of hydrogen-bond acceptors (Lipinski definition) is 5. The number of carbonyl (C=O) groups is 3. The molecule has 2 aromatic rings. The standard InChI is InChI=1S/C19H20ClN3O5/c1-19(2,10-17(26)27)23-18(28)14-9-13(5-6-21-14)22-16(25)8-11-7-12(20)3-4-15(11)24/h3-7,9,24H,8,10H2,1-2H3,(H,23,28)(H,26,27)(H,21,22,25). The summed E-state index contributed by atoms with van der Waals surface area (Å²) >= 11 is 5.87. The van der Waals surface area contributed by atoms with E-state index in [0.717, 1.165) is 0 Å². The normalized spacial score (nSPS) is 11.0. The number of carboxylic acids is 1.